The van der Waals surface area contributed by atoms with E-state index in [1.807, 2.05) is 18.2 Å². The molecule has 0 aliphatic carbocycles. The van der Waals surface area contributed by atoms with Crippen molar-refractivity contribution in [2.45, 2.75) is 0 Å². The van der Waals surface area contributed by atoms with Crippen LogP contribution in [0.3, 0.4) is 0 Å². The zero-order valence-corrected chi connectivity index (χ0v) is 15.7. The molecule has 7 heteroatoms. The van der Waals surface area contributed by atoms with Crippen LogP contribution in [0.4, 0.5) is 10.1 Å². The molecule has 0 atom stereocenters. The molecule has 0 N–H and O–H groups in total. The highest BCUT2D eigenvalue weighted by Crippen LogP contribution is 2.36. The smallest absolute Gasteiger partial charge is 0.270 e. The van der Waals surface area contributed by atoms with Gasteiger partial charge in [-0.15, -0.1) is 0 Å². The second-order valence-corrected chi connectivity index (χ2v) is 7.42. The lowest BCUT2D eigenvalue weighted by atomic mass is 10.2. The van der Waals surface area contributed by atoms with Crippen molar-refractivity contribution in [2.24, 2.45) is 0 Å². The fourth-order valence-electron chi connectivity index (χ4n) is 2.20. The average Bonchev–Trinajstić information content (AvgIpc) is 2.83. The summed E-state index contributed by atoms with van der Waals surface area (Å²) >= 11 is 9.94. The van der Waals surface area contributed by atoms with Gasteiger partial charge in [-0.1, -0.05) is 30.0 Å². The third-order valence-corrected chi connectivity index (χ3v) is 5.27. The lowest BCUT2D eigenvalue weighted by molar-refractivity contribution is -0.113. The molecule has 1 amide bonds. The maximum atomic E-state index is 13.1. The first-order valence-electron chi connectivity index (χ1n) is 6.86. The monoisotopic (exact) mass is 423 g/mol. The van der Waals surface area contributed by atoms with E-state index in [0.29, 0.717) is 20.7 Å². The molecule has 0 radical (unpaired) electrons. The number of carbonyl (C=O) groups is 1. The highest BCUT2D eigenvalue weighted by molar-refractivity contribution is 9.10. The Labute approximate surface area is 156 Å². The van der Waals surface area contributed by atoms with Crippen LogP contribution in [0.5, 0.6) is 5.75 Å². The third-order valence-electron chi connectivity index (χ3n) is 3.35. The van der Waals surface area contributed by atoms with Gasteiger partial charge in [-0.25, -0.2) is 4.39 Å². The van der Waals surface area contributed by atoms with Crippen molar-refractivity contribution < 1.29 is 13.9 Å². The van der Waals surface area contributed by atoms with E-state index < -0.39 is 0 Å². The molecule has 0 spiro atoms. The molecule has 1 aliphatic rings. The van der Waals surface area contributed by atoms with Crippen LogP contribution in [0, 0.1) is 5.82 Å². The topological polar surface area (TPSA) is 29.5 Å². The molecular weight excluding hydrogens is 413 g/mol. The number of thioether (sulfide) groups is 1. The highest BCUT2D eigenvalue weighted by atomic mass is 79.9. The predicted molar refractivity (Wildman–Crippen MR) is 103 cm³/mol. The summed E-state index contributed by atoms with van der Waals surface area (Å²) in [6, 6.07) is 11.2. The van der Waals surface area contributed by atoms with Crippen LogP contribution >= 0.6 is 39.9 Å². The molecule has 0 unspecified atom stereocenters. The number of rotatable bonds is 3. The van der Waals surface area contributed by atoms with Crippen LogP contribution in [0.25, 0.3) is 6.08 Å². The summed E-state index contributed by atoms with van der Waals surface area (Å²) in [5.41, 5.74) is 1.40. The Morgan fingerprint density at radius 1 is 1.25 bits per heavy atom. The van der Waals surface area contributed by atoms with Gasteiger partial charge >= 0.3 is 0 Å². The third kappa shape index (κ3) is 3.38. The molecule has 3 nitrogen and oxygen atoms in total. The Kier molecular flexibility index (Phi) is 5.03. The fraction of sp³-hybridized carbons (Fsp3) is 0.0588. The number of ether oxygens (including phenoxy) is 1. The van der Waals surface area contributed by atoms with Gasteiger partial charge in [0.15, 0.2) is 4.32 Å². The van der Waals surface area contributed by atoms with E-state index in [0.717, 1.165) is 10.0 Å². The molecule has 1 fully saturated rings. The van der Waals surface area contributed by atoms with E-state index in [9.17, 15) is 9.18 Å². The van der Waals surface area contributed by atoms with Crippen LogP contribution in [0.15, 0.2) is 51.8 Å². The maximum absolute atomic E-state index is 13.1. The minimum atomic E-state index is -0.359. The van der Waals surface area contributed by atoms with Crippen molar-refractivity contribution in [1.82, 2.24) is 0 Å². The van der Waals surface area contributed by atoms with Crippen molar-refractivity contribution in [3.05, 3.63) is 63.2 Å². The molecule has 1 aliphatic heterocycles. The molecule has 1 saturated heterocycles. The number of thiocarbonyl (C=S) groups is 1. The van der Waals surface area contributed by atoms with Gasteiger partial charge in [-0.2, -0.15) is 0 Å². The van der Waals surface area contributed by atoms with Gasteiger partial charge < -0.3 is 4.74 Å². The number of methoxy groups -OCH3 is 1. The van der Waals surface area contributed by atoms with Crippen LogP contribution in [0.1, 0.15) is 5.56 Å². The van der Waals surface area contributed by atoms with Crippen molar-refractivity contribution >= 4 is 61.9 Å². The quantitative estimate of drug-likeness (QED) is 0.512. The maximum Gasteiger partial charge on any atom is 0.270 e. The molecule has 0 aromatic heterocycles. The van der Waals surface area contributed by atoms with E-state index in [1.165, 1.54) is 40.9 Å². The number of carbonyl (C=O) groups excluding carboxylic acids is 1. The average molecular weight is 424 g/mol. The zero-order chi connectivity index (χ0) is 17.3. The molecule has 0 bridgehead atoms. The number of nitrogens with zero attached hydrogens (tertiary/aromatic N) is 1. The van der Waals surface area contributed by atoms with E-state index in [2.05, 4.69) is 15.9 Å². The summed E-state index contributed by atoms with van der Waals surface area (Å²) < 4.78 is 19.5. The lowest BCUT2D eigenvalue weighted by Gasteiger charge is -2.14. The van der Waals surface area contributed by atoms with E-state index in [-0.39, 0.29) is 11.7 Å². The zero-order valence-electron chi connectivity index (χ0n) is 12.5. The Bertz CT molecular complexity index is 852. The molecule has 1 heterocycles. The standard InChI is InChI=1S/C17H11BrFNO2S2/c1-22-14-7-2-10(8-13(14)18)9-15-16(21)20(17(23)24-15)12-5-3-11(19)4-6-12/h2-9H,1H3/b15-9-. The largest absolute Gasteiger partial charge is 0.496 e. The summed E-state index contributed by atoms with van der Waals surface area (Å²) in [5.74, 6) is 0.136. The van der Waals surface area contributed by atoms with Crippen LogP contribution in [0.2, 0.25) is 0 Å². The van der Waals surface area contributed by atoms with Gasteiger partial charge in [0.1, 0.15) is 11.6 Å². The lowest BCUT2D eigenvalue weighted by Crippen LogP contribution is -2.27. The summed E-state index contributed by atoms with van der Waals surface area (Å²) in [6.45, 7) is 0. The molecule has 2 aromatic carbocycles. The van der Waals surface area contributed by atoms with Crippen molar-refractivity contribution in [3.8, 4) is 5.75 Å². The first-order valence-corrected chi connectivity index (χ1v) is 8.88. The first-order chi connectivity index (χ1) is 11.5. The molecule has 24 heavy (non-hydrogen) atoms. The van der Waals surface area contributed by atoms with Crippen LogP contribution < -0.4 is 9.64 Å². The molecular formula is C17H11BrFNO2S2. The van der Waals surface area contributed by atoms with Gasteiger partial charge in [0, 0.05) is 0 Å². The van der Waals surface area contributed by atoms with Gasteiger partial charge in [-0.05, 0) is 64.0 Å². The molecule has 2 aromatic rings. The molecule has 0 saturated carbocycles. The minimum Gasteiger partial charge on any atom is -0.496 e. The Morgan fingerprint density at radius 2 is 1.96 bits per heavy atom. The summed E-state index contributed by atoms with van der Waals surface area (Å²) in [4.78, 5) is 14.6. The Hall–Kier alpha value is -1.70. The predicted octanol–water partition coefficient (Wildman–Crippen LogP) is 5.00. The van der Waals surface area contributed by atoms with E-state index >= 15 is 0 Å². The Balaban J connectivity index is 1.90. The second kappa shape index (κ2) is 7.04. The number of halogens is 2. The number of anilines is 1. The normalized spacial score (nSPS) is 16.1. The summed E-state index contributed by atoms with van der Waals surface area (Å²) in [7, 11) is 1.59. The molecule has 3 rings (SSSR count). The van der Waals surface area contributed by atoms with Crippen molar-refractivity contribution in [3.63, 3.8) is 0 Å². The SMILES string of the molecule is COc1ccc(/C=C2\SC(=S)N(c3ccc(F)cc3)C2=O)cc1Br. The van der Waals surface area contributed by atoms with Gasteiger partial charge in [-0.3, -0.25) is 9.69 Å². The first kappa shape index (κ1) is 17.1. The van der Waals surface area contributed by atoms with Crippen molar-refractivity contribution in [1.29, 1.82) is 0 Å². The van der Waals surface area contributed by atoms with Gasteiger partial charge in [0.2, 0.25) is 0 Å². The van der Waals surface area contributed by atoms with Gasteiger partial charge in [0.05, 0.1) is 22.2 Å². The minimum absolute atomic E-state index is 0.219. The second-order valence-electron chi connectivity index (χ2n) is 4.89. The number of benzene rings is 2. The number of hydrogen-bond donors (Lipinski definition) is 0. The highest BCUT2D eigenvalue weighted by Gasteiger charge is 2.33. The fourth-order valence-corrected chi connectivity index (χ4v) is 4.06. The summed E-state index contributed by atoms with van der Waals surface area (Å²) in [6.07, 6.45) is 1.77. The van der Waals surface area contributed by atoms with Crippen molar-refractivity contribution in [2.75, 3.05) is 12.0 Å². The van der Waals surface area contributed by atoms with E-state index in [4.69, 9.17) is 17.0 Å². The Morgan fingerprint density at radius 3 is 2.58 bits per heavy atom. The van der Waals surface area contributed by atoms with Crippen LogP contribution in [-0.2, 0) is 4.79 Å². The van der Waals surface area contributed by atoms with Gasteiger partial charge in [0.25, 0.3) is 5.91 Å². The number of amides is 1. The number of hydrogen-bond acceptors (Lipinski definition) is 4. The summed E-state index contributed by atoms with van der Waals surface area (Å²) in [5, 5.41) is 0. The van der Waals surface area contributed by atoms with E-state index in [1.54, 1.807) is 13.2 Å². The van der Waals surface area contributed by atoms with Crippen LogP contribution in [-0.4, -0.2) is 17.3 Å². The molecule has 122 valence electrons.